The summed E-state index contributed by atoms with van der Waals surface area (Å²) in [6.45, 7) is 7.37. The molecule has 1 saturated heterocycles. The summed E-state index contributed by atoms with van der Waals surface area (Å²) in [7, 11) is 0. The smallest absolute Gasteiger partial charge is 0.310 e. The van der Waals surface area contributed by atoms with Gasteiger partial charge in [0.1, 0.15) is 12.4 Å². The highest BCUT2D eigenvalue weighted by Crippen LogP contribution is 2.13. The van der Waals surface area contributed by atoms with Crippen LogP contribution in [0.5, 0.6) is 5.75 Å². The third-order valence-electron chi connectivity index (χ3n) is 3.36. The summed E-state index contributed by atoms with van der Waals surface area (Å²) in [6.07, 6.45) is 0.307. The molecule has 1 heterocycles. The van der Waals surface area contributed by atoms with E-state index in [1.54, 1.807) is 0 Å². The Morgan fingerprint density at radius 1 is 1.24 bits per heavy atom. The molecule has 0 unspecified atom stereocenters. The normalized spacial score (nSPS) is 15.7. The van der Waals surface area contributed by atoms with E-state index < -0.39 is 0 Å². The van der Waals surface area contributed by atoms with Crippen LogP contribution in [0.1, 0.15) is 12.5 Å². The number of hydrogen-bond donors (Lipinski definition) is 0. The molecule has 0 atom stereocenters. The van der Waals surface area contributed by atoms with E-state index in [0.717, 1.165) is 44.2 Å². The largest absolute Gasteiger partial charge is 0.492 e. The maximum atomic E-state index is 11.4. The van der Waals surface area contributed by atoms with Crippen molar-refractivity contribution in [3.8, 4) is 5.75 Å². The highest BCUT2D eigenvalue weighted by atomic mass is 16.5. The monoisotopic (exact) mass is 293 g/mol. The molecule has 0 spiro atoms. The zero-order valence-corrected chi connectivity index (χ0v) is 12.5. The lowest BCUT2D eigenvalue weighted by atomic mass is 10.1. The molecule has 1 aliphatic heterocycles. The standard InChI is InChI=1S/C16H23NO4/c1-2-20-16(18)13-14-3-5-15(6-4-14)21-12-9-17-7-10-19-11-8-17/h3-6H,2,7-13H2,1H3. The van der Waals surface area contributed by atoms with Crippen LogP contribution in [0.15, 0.2) is 24.3 Å². The zero-order chi connectivity index (χ0) is 14.9. The SMILES string of the molecule is CCOC(=O)Cc1ccc(OCCN2CCOCC2)cc1. The first-order chi connectivity index (χ1) is 10.3. The highest BCUT2D eigenvalue weighted by Gasteiger charge is 2.09. The number of benzene rings is 1. The summed E-state index contributed by atoms with van der Waals surface area (Å²) in [4.78, 5) is 13.7. The number of esters is 1. The molecule has 0 N–H and O–H groups in total. The van der Waals surface area contributed by atoms with Crippen LogP contribution in [0.3, 0.4) is 0 Å². The van der Waals surface area contributed by atoms with Crippen LogP contribution in [0.4, 0.5) is 0 Å². The van der Waals surface area contributed by atoms with Gasteiger partial charge in [-0.25, -0.2) is 0 Å². The average Bonchev–Trinajstić information content (AvgIpc) is 2.50. The summed E-state index contributed by atoms with van der Waals surface area (Å²) < 4.78 is 15.9. The molecule has 1 aliphatic rings. The minimum absolute atomic E-state index is 0.196. The molecule has 0 saturated carbocycles. The molecule has 0 amide bonds. The van der Waals surface area contributed by atoms with Gasteiger partial charge >= 0.3 is 5.97 Å². The lowest BCUT2D eigenvalue weighted by Gasteiger charge is -2.26. The van der Waals surface area contributed by atoms with E-state index in [4.69, 9.17) is 14.2 Å². The van der Waals surface area contributed by atoms with Gasteiger partial charge in [-0.3, -0.25) is 9.69 Å². The topological polar surface area (TPSA) is 48.0 Å². The van der Waals surface area contributed by atoms with Crippen LogP contribution in [0.25, 0.3) is 0 Å². The molecule has 0 aliphatic carbocycles. The molecule has 1 aromatic rings. The van der Waals surface area contributed by atoms with Crippen LogP contribution in [-0.2, 0) is 20.7 Å². The first-order valence-corrected chi connectivity index (χ1v) is 7.45. The van der Waals surface area contributed by atoms with Gasteiger partial charge in [0.15, 0.2) is 0 Å². The van der Waals surface area contributed by atoms with Gasteiger partial charge in [0.25, 0.3) is 0 Å². The number of carbonyl (C=O) groups excluding carboxylic acids is 1. The van der Waals surface area contributed by atoms with E-state index in [9.17, 15) is 4.79 Å². The Morgan fingerprint density at radius 2 is 1.95 bits per heavy atom. The van der Waals surface area contributed by atoms with Crippen LogP contribution in [0.2, 0.25) is 0 Å². The predicted molar refractivity (Wildman–Crippen MR) is 79.5 cm³/mol. The Balaban J connectivity index is 1.70. The molecule has 0 bridgehead atoms. The third kappa shape index (κ3) is 5.73. The van der Waals surface area contributed by atoms with E-state index in [1.807, 2.05) is 31.2 Å². The molecule has 0 aromatic heterocycles. The van der Waals surface area contributed by atoms with Crippen molar-refractivity contribution >= 4 is 5.97 Å². The Labute approximate surface area is 125 Å². The van der Waals surface area contributed by atoms with Gasteiger partial charge in [0.2, 0.25) is 0 Å². The first-order valence-electron chi connectivity index (χ1n) is 7.45. The number of nitrogens with zero attached hydrogens (tertiary/aromatic N) is 1. The molecular weight excluding hydrogens is 270 g/mol. The van der Waals surface area contributed by atoms with Crippen molar-refractivity contribution in [3.05, 3.63) is 29.8 Å². The second-order valence-corrected chi connectivity index (χ2v) is 4.93. The maximum Gasteiger partial charge on any atom is 0.310 e. The second kappa shape index (κ2) is 8.64. The van der Waals surface area contributed by atoms with Crippen molar-refractivity contribution in [2.24, 2.45) is 0 Å². The number of ether oxygens (including phenoxy) is 3. The van der Waals surface area contributed by atoms with Crippen LogP contribution in [0, 0.1) is 0 Å². The molecule has 21 heavy (non-hydrogen) atoms. The summed E-state index contributed by atoms with van der Waals surface area (Å²) in [5, 5.41) is 0. The third-order valence-corrected chi connectivity index (χ3v) is 3.36. The zero-order valence-electron chi connectivity index (χ0n) is 12.5. The van der Waals surface area contributed by atoms with Crippen molar-refractivity contribution in [1.82, 2.24) is 4.90 Å². The average molecular weight is 293 g/mol. The summed E-state index contributed by atoms with van der Waals surface area (Å²) in [5.41, 5.74) is 0.939. The fourth-order valence-electron chi connectivity index (χ4n) is 2.20. The molecule has 0 radical (unpaired) electrons. The molecule has 1 fully saturated rings. The lowest BCUT2D eigenvalue weighted by Crippen LogP contribution is -2.38. The van der Waals surface area contributed by atoms with Gasteiger partial charge in [-0.2, -0.15) is 0 Å². The lowest BCUT2D eigenvalue weighted by molar-refractivity contribution is -0.142. The fraction of sp³-hybridized carbons (Fsp3) is 0.562. The number of carbonyl (C=O) groups is 1. The Kier molecular flexibility index (Phi) is 6.50. The summed E-state index contributed by atoms with van der Waals surface area (Å²) in [5.74, 6) is 0.634. The van der Waals surface area contributed by atoms with Gasteiger partial charge in [0.05, 0.1) is 26.2 Å². The summed E-state index contributed by atoms with van der Waals surface area (Å²) in [6, 6.07) is 7.60. The predicted octanol–water partition coefficient (Wildman–Crippen LogP) is 1.50. The molecule has 1 aromatic carbocycles. The number of morpholine rings is 1. The minimum atomic E-state index is -0.196. The van der Waals surface area contributed by atoms with Gasteiger partial charge in [-0.1, -0.05) is 12.1 Å². The van der Waals surface area contributed by atoms with Gasteiger partial charge in [-0.05, 0) is 24.6 Å². The van der Waals surface area contributed by atoms with E-state index in [1.165, 1.54) is 0 Å². The van der Waals surface area contributed by atoms with Gasteiger partial charge in [-0.15, -0.1) is 0 Å². The molecule has 5 heteroatoms. The van der Waals surface area contributed by atoms with Gasteiger partial charge < -0.3 is 14.2 Å². The molecule has 5 nitrogen and oxygen atoms in total. The Morgan fingerprint density at radius 3 is 2.62 bits per heavy atom. The molecular formula is C16H23NO4. The number of rotatable bonds is 7. The minimum Gasteiger partial charge on any atom is -0.492 e. The molecule has 2 rings (SSSR count). The van der Waals surface area contributed by atoms with Crippen molar-refractivity contribution in [2.45, 2.75) is 13.3 Å². The van der Waals surface area contributed by atoms with E-state index in [0.29, 0.717) is 19.6 Å². The van der Waals surface area contributed by atoms with Crippen LogP contribution < -0.4 is 4.74 Å². The Hall–Kier alpha value is -1.59. The summed E-state index contributed by atoms with van der Waals surface area (Å²) >= 11 is 0. The number of hydrogen-bond acceptors (Lipinski definition) is 5. The van der Waals surface area contributed by atoms with Gasteiger partial charge in [0, 0.05) is 19.6 Å². The molecule has 116 valence electrons. The fourth-order valence-corrected chi connectivity index (χ4v) is 2.20. The van der Waals surface area contributed by atoms with Crippen LogP contribution in [-0.4, -0.2) is 56.9 Å². The first kappa shape index (κ1) is 15.8. The second-order valence-electron chi connectivity index (χ2n) is 4.93. The quantitative estimate of drug-likeness (QED) is 0.713. The van der Waals surface area contributed by atoms with E-state index in [-0.39, 0.29) is 5.97 Å². The van der Waals surface area contributed by atoms with Crippen molar-refractivity contribution in [2.75, 3.05) is 46.1 Å². The van der Waals surface area contributed by atoms with E-state index in [2.05, 4.69) is 4.90 Å². The van der Waals surface area contributed by atoms with Crippen molar-refractivity contribution < 1.29 is 19.0 Å². The highest BCUT2D eigenvalue weighted by molar-refractivity contribution is 5.72. The Bertz CT molecular complexity index is 426. The van der Waals surface area contributed by atoms with Crippen LogP contribution >= 0.6 is 0 Å². The van der Waals surface area contributed by atoms with Crippen molar-refractivity contribution in [3.63, 3.8) is 0 Å². The maximum absolute atomic E-state index is 11.4. The van der Waals surface area contributed by atoms with E-state index >= 15 is 0 Å². The van der Waals surface area contributed by atoms with Crippen molar-refractivity contribution in [1.29, 1.82) is 0 Å².